The number of allylic oxidation sites excluding steroid dienone is 1. The van der Waals surface area contributed by atoms with E-state index in [0.717, 1.165) is 70.6 Å². The monoisotopic (exact) mass is 333 g/mol. The van der Waals surface area contributed by atoms with E-state index >= 15 is 0 Å². The van der Waals surface area contributed by atoms with Gasteiger partial charge in [0.05, 0.1) is 19.4 Å². The Labute approximate surface area is 145 Å². The zero-order valence-corrected chi connectivity index (χ0v) is 15.0. The van der Waals surface area contributed by atoms with Crippen molar-refractivity contribution in [3.05, 3.63) is 18.3 Å². The van der Waals surface area contributed by atoms with Gasteiger partial charge in [0.2, 0.25) is 0 Å². The van der Waals surface area contributed by atoms with Crippen LogP contribution in [0.15, 0.2) is 18.3 Å². The van der Waals surface area contributed by atoms with E-state index in [0.29, 0.717) is 0 Å². The number of aryl methyl sites for hydroxylation is 1. The first kappa shape index (κ1) is 17.4. The maximum absolute atomic E-state index is 5.42. The molecule has 2 heterocycles. The number of hydrogen-bond donors (Lipinski definition) is 0. The largest absolute Gasteiger partial charge is 0.379 e. The van der Waals surface area contributed by atoms with Gasteiger partial charge >= 0.3 is 0 Å². The van der Waals surface area contributed by atoms with E-state index in [-0.39, 0.29) is 0 Å². The number of morpholine rings is 1. The molecular weight excluding hydrogens is 302 g/mol. The zero-order chi connectivity index (χ0) is 16.8. The molecule has 1 aromatic heterocycles. The number of hydrogen-bond acceptors (Lipinski definition) is 5. The summed E-state index contributed by atoms with van der Waals surface area (Å²) in [5.41, 5.74) is 1.40. The summed E-state index contributed by atoms with van der Waals surface area (Å²) in [7, 11) is 0. The first-order chi connectivity index (χ1) is 11.7. The lowest BCUT2D eigenvalue weighted by Crippen LogP contribution is -2.41. The molecule has 6 heteroatoms. The normalized spacial score (nSPS) is 19.5. The Morgan fingerprint density at radius 3 is 2.75 bits per heavy atom. The van der Waals surface area contributed by atoms with Crippen molar-refractivity contribution in [1.29, 1.82) is 0 Å². The van der Waals surface area contributed by atoms with Crippen LogP contribution in [0.2, 0.25) is 0 Å². The minimum Gasteiger partial charge on any atom is -0.379 e. The molecule has 3 rings (SSSR count). The molecular formula is C18H31N5O. The minimum atomic E-state index is 0.804. The molecule has 24 heavy (non-hydrogen) atoms. The van der Waals surface area contributed by atoms with E-state index in [1.54, 1.807) is 0 Å². The van der Waals surface area contributed by atoms with Crippen LogP contribution in [-0.2, 0) is 11.3 Å². The molecule has 2 aliphatic rings. The predicted molar refractivity (Wildman–Crippen MR) is 96.3 cm³/mol. The molecule has 1 saturated carbocycles. The molecule has 0 N–H and O–H groups in total. The summed E-state index contributed by atoms with van der Waals surface area (Å²) in [5.74, 6) is 1.82. The molecule has 1 aromatic rings. The smallest absolute Gasteiger partial charge is 0.171 e. The third kappa shape index (κ3) is 4.80. The van der Waals surface area contributed by atoms with E-state index in [9.17, 15) is 0 Å². The predicted octanol–water partition coefficient (Wildman–Crippen LogP) is 2.18. The lowest BCUT2D eigenvalue weighted by Gasteiger charge is -2.29. The molecule has 134 valence electrons. The van der Waals surface area contributed by atoms with Gasteiger partial charge in [0.1, 0.15) is 0 Å². The van der Waals surface area contributed by atoms with Crippen LogP contribution >= 0.6 is 0 Å². The maximum atomic E-state index is 5.42. The first-order valence-electron chi connectivity index (χ1n) is 9.36. The Kier molecular flexibility index (Phi) is 6.26. The minimum absolute atomic E-state index is 0.804. The topological polar surface area (TPSA) is 46.4 Å². The van der Waals surface area contributed by atoms with Crippen LogP contribution in [0.1, 0.15) is 32.6 Å². The fourth-order valence-electron chi connectivity index (χ4n) is 3.52. The Bertz CT molecular complexity index is 515. The summed E-state index contributed by atoms with van der Waals surface area (Å²) in [4.78, 5) is 4.84. The molecule has 2 fully saturated rings. The third-order valence-electron chi connectivity index (χ3n) is 5.06. The number of anilines is 1. The maximum Gasteiger partial charge on any atom is 0.171 e. The number of nitrogens with zero attached hydrogens (tertiary/aromatic N) is 5. The number of ether oxygens (including phenoxy) is 1. The average molecular weight is 333 g/mol. The lowest BCUT2D eigenvalue weighted by atomic mass is 9.79. The highest BCUT2D eigenvalue weighted by Gasteiger charge is 2.21. The molecule has 0 amide bonds. The van der Waals surface area contributed by atoms with Crippen LogP contribution < -0.4 is 4.90 Å². The van der Waals surface area contributed by atoms with Gasteiger partial charge in [0.15, 0.2) is 5.82 Å². The van der Waals surface area contributed by atoms with Crippen molar-refractivity contribution < 1.29 is 4.74 Å². The molecule has 1 aliphatic carbocycles. The highest BCUT2D eigenvalue weighted by atomic mass is 16.5. The van der Waals surface area contributed by atoms with Gasteiger partial charge in [-0.1, -0.05) is 24.3 Å². The second kappa shape index (κ2) is 8.62. The van der Waals surface area contributed by atoms with Crippen LogP contribution in [-0.4, -0.2) is 65.8 Å². The summed E-state index contributed by atoms with van der Waals surface area (Å²) in [6, 6.07) is 0. The third-order valence-corrected chi connectivity index (χ3v) is 5.06. The number of rotatable bonds is 9. The second-order valence-electron chi connectivity index (χ2n) is 7.09. The fraction of sp³-hybridized carbons (Fsp3) is 0.778. The lowest BCUT2D eigenvalue weighted by molar-refractivity contribution is 0.0391. The van der Waals surface area contributed by atoms with E-state index in [1.807, 2.05) is 4.68 Å². The van der Waals surface area contributed by atoms with Gasteiger partial charge in [-0.2, -0.15) is 0 Å². The first-order valence-corrected chi connectivity index (χ1v) is 9.36. The Morgan fingerprint density at radius 2 is 2.04 bits per heavy atom. The summed E-state index contributed by atoms with van der Waals surface area (Å²) >= 11 is 0. The van der Waals surface area contributed by atoms with E-state index in [2.05, 4.69) is 39.8 Å². The van der Waals surface area contributed by atoms with Gasteiger partial charge in [-0.15, -0.1) is 5.10 Å². The molecule has 0 atom stereocenters. The standard InChI is InChI=1S/C18H31N5O/c1-3-5-22(8-7-21-9-11-24-12-10-21)18-15-23(20-19-18)6-4-17-13-16(2)14-17/h15,17H,2-14H2,1H3. The van der Waals surface area contributed by atoms with E-state index in [1.165, 1.54) is 24.8 Å². The Balaban J connectivity index is 1.48. The van der Waals surface area contributed by atoms with Gasteiger partial charge in [-0.25, -0.2) is 0 Å². The van der Waals surface area contributed by atoms with Crippen LogP contribution in [0.4, 0.5) is 5.82 Å². The molecule has 0 unspecified atom stereocenters. The number of aromatic nitrogens is 3. The van der Waals surface area contributed by atoms with Crippen molar-refractivity contribution in [2.75, 3.05) is 50.8 Å². The zero-order valence-electron chi connectivity index (χ0n) is 15.0. The van der Waals surface area contributed by atoms with E-state index in [4.69, 9.17) is 4.74 Å². The van der Waals surface area contributed by atoms with Gasteiger partial charge < -0.3 is 9.64 Å². The second-order valence-corrected chi connectivity index (χ2v) is 7.09. The van der Waals surface area contributed by atoms with Crippen molar-refractivity contribution in [2.45, 2.75) is 39.2 Å². The van der Waals surface area contributed by atoms with Crippen molar-refractivity contribution in [3.63, 3.8) is 0 Å². The molecule has 1 saturated heterocycles. The summed E-state index contributed by atoms with van der Waals surface area (Å²) < 4.78 is 7.43. The van der Waals surface area contributed by atoms with Crippen LogP contribution in [0.3, 0.4) is 0 Å². The van der Waals surface area contributed by atoms with Crippen molar-refractivity contribution in [3.8, 4) is 0 Å². The van der Waals surface area contributed by atoms with Crippen LogP contribution in [0.5, 0.6) is 0 Å². The average Bonchev–Trinajstić information content (AvgIpc) is 3.04. The highest BCUT2D eigenvalue weighted by molar-refractivity contribution is 5.34. The van der Waals surface area contributed by atoms with Crippen molar-refractivity contribution in [2.24, 2.45) is 5.92 Å². The highest BCUT2D eigenvalue weighted by Crippen LogP contribution is 2.34. The Morgan fingerprint density at radius 1 is 1.25 bits per heavy atom. The van der Waals surface area contributed by atoms with Gasteiger partial charge in [-0.3, -0.25) is 9.58 Å². The molecule has 0 spiro atoms. The quantitative estimate of drug-likeness (QED) is 0.648. The SMILES string of the molecule is C=C1CC(CCn2cc(N(CCC)CCN3CCOCC3)nn2)C1. The van der Waals surface area contributed by atoms with Crippen molar-refractivity contribution >= 4 is 5.82 Å². The van der Waals surface area contributed by atoms with E-state index < -0.39 is 0 Å². The molecule has 0 bridgehead atoms. The summed E-state index contributed by atoms with van der Waals surface area (Å²) in [6.07, 6.45) is 6.82. The van der Waals surface area contributed by atoms with Gasteiger partial charge in [-0.05, 0) is 31.6 Å². The molecule has 6 nitrogen and oxygen atoms in total. The fourth-order valence-corrected chi connectivity index (χ4v) is 3.52. The van der Waals surface area contributed by atoms with Crippen LogP contribution in [0.25, 0.3) is 0 Å². The van der Waals surface area contributed by atoms with Crippen molar-refractivity contribution in [1.82, 2.24) is 19.9 Å². The molecule has 0 aromatic carbocycles. The Hall–Kier alpha value is -1.40. The molecule has 0 radical (unpaired) electrons. The summed E-state index contributed by atoms with van der Waals surface area (Å²) in [6.45, 7) is 14.1. The molecule has 1 aliphatic heterocycles. The van der Waals surface area contributed by atoms with Gasteiger partial charge in [0.25, 0.3) is 0 Å². The summed E-state index contributed by atoms with van der Waals surface area (Å²) in [5, 5.41) is 8.75. The van der Waals surface area contributed by atoms with Gasteiger partial charge in [0, 0.05) is 39.3 Å². The van der Waals surface area contributed by atoms with Crippen LogP contribution in [0, 0.1) is 5.92 Å².